The van der Waals surface area contributed by atoms with E-state index in [2.05, 4.69) is 59.3 Å². The molecule has 1 heterocycles. The molecule has 0 spiro atoms. The smallest absolute Gasteiger partial charge is 0.127 e. The van der Waals surface area contributed by atoms with Crippen molar-refractivity contribution in [1.82, 2.24) is 0 Å². The Balaban J connectivity index is 1.97. The number of hydrogen-bond acceptors (Lipinski definition) is 1. The Morgan fingerprint density at radius 2 is 1.95 bits per heavy atom. The summed E-state index contributed by atoms with van der Waals surface area (Å²) in [4.78, 5) is 0. The summed E-state index contributed by atoms with van der Waals surface area (Å²) < 4.78 is 6.86. The fourth-order valence-electron chi connectivity index (χ4n) is 2.70. The van der Waals surface area contributed by atoms with Crippen LogP contribution in [-0.2, 0) is 6.42 Å². The van der Waals surface area contributed by atoms with Crippen LogP contribution in [0.25, 0.3) is 0 Å². The highest BCUT2D eigenvalue weighted by Crippen LogP contribution is 2.44. The highest BCUT2D eigenvalue weighted by Gasteiger charge is 2.26. The third kappa shape index (κ3) is 2.59. The fourth-order valence-corrected chi connectivity index (χ4v) is 3.53. The van der Waals surface area contributed by atoms with Crippen LogP contribution in [0.5, 0.6) is 5.75 Å². The number of fused-ring (bicyclic) bond motifs is 1. The van der Waals surface area contributed by atoms with Crippen LogP contribution in [0.2, 0.25) is 0 Å². The predicted octanol–water partition coefficient (Wildman–Crippen LogP) is 5.47. The van der Waals surface area contributed by atoms with Crippen LogP contribution in [0.3, 0.4) is 0 Å². The lowest BCUT2D eigenvalue weighted by Crippen LogP contribution is -2.04. The lowest BCUT2D eigenvalue weighted by molar-refractivity contribution is 0.352. The van der Waals surface area contributed by atoms with E-state index < -0.39 is 0 Å². The lowest BCUT2D eigenvalue weighted by Gasteiger charge is -2.21. The second-order valence-electron chi connectivity index (χ2n) is 5.18. The Kier molecular flexibility index (Phi) is 4.04. The van der Waals surface area contributed by atoms with Gasteiger partial charge in [0.15, 0.2) is 0 Å². The summed E-state index contributed by atoms with van der Waals surface area (Å²) in [5, 5.41) is -0.0956. The van der Waals surface area contributed by atoms with Crippen molar-refractivity contribution in [2.75, 3.05) is 6.61 Å². The van der Waals surface area contributed by atoms with Crippen molar-refractivity contribution < 1.29 is 4.74 Å². The molecule has 3 rings (SSSR count). The van der Waals surface area contributed by atoms with Gasteiger partial charge in [0, 0.05) is 22.4 Å². The Morgan fingerprint density at radius 1 is 1.20 bits per heavy atom. The first kappa shape index (κ1) is 14.0. The Labute approximate surface area is 133 Å². The first-order valence-electron chi connectivity index (χ1n) is 6.81. The van der Waals surface area contributed by atoms with E-state index in [0.29, 0.717) is 0 Å². The van der Waals surface area contributed by atoms with E-state index in [1.54, 1.807) is 0 Å². The Hall–Kier alpha value is -0.990. The topological polar surface area (TPSA) is 9.23 Å². The third-order valence-electron chi connectivity index (χ3n) is 3.84. The van der Waals surface area contributed by atoms with Crippen molar-refractivity contribution in [2.24, 2.45) is 0 Å². The standard InChI is InChI=1S/C17H16BrClO/c1-11(12-5-3-2-4-6-12)16(19)15-10-14(18)9-13-7-8-20-17(13)15/h2-6,9-11,16H,7-8H2,1H3. The van der Waals surface area contributed by atoms with Crippen molar-refractivity contribution in [2.45, 2.75) is 24.6 Å². The fraction of sp³-hybridized carbons (Fsp3) is 0.294. The number of ether oxygens (including phenoxy) is 1. The number of rotatable bonds is 3. The van der Waals surface area contributed by atoms with Crippen LogP contribution in [0.1, 0.15) is 34.9 Å². The summed E-state index contributed by atoms with van der Waals surface area (Å²) in [7, 11) is 0. The molecule has 1 aliphatic rings. The van der Waals surface area contributed by atoms with E-state index in [9.17, 15) is 0 Å². The lowest BCUT2D eigenvalue weighted by atomic mass is 9.92. The quantitative estimate of drug-likeness (QED) is 0.666. The predicted molar refractivity (Wildman–Crippen MR) is 86.8 cm³/mol. The molecule has 2 atom stereocenters. The van der Waals surface area contributed by atoms with Crippen LogP contribution >= 0.6 is 27.5 Å². The minimum atomic E-state index is -0.0956. The molecule has 0 saturated carbocycles. The monoisotopic (exact) mass is 350 g/mol. The highest BCUT2D eigenvalue weighted by molar-refractivity contribution is 9.10. The second-order valence-corrected chi connectivity index (χ2v) is 6.57. The average molecular weight is 352 g/mol. The van der Waals surface area contributed by atoms with Crippen molar-refractivity contribution in [3.63, 3.8) is 0 Å². The van der Waals surface area contributed by atoms with Gasteiger partial charge >= 0.3 is 0 Å². The summed E-state index contributed by atoms with van der Waals surface area (Å²) in [6.07, 6.45) is 0.963. The molecule has 0 bridgehead atoms. The van der Waals surface area contributed by atoms with E-state index in [-0.39, 0.29) is 11.3 Å². The van der Waals surface area contributed by atoms with Gasteiger partial charge in [-0.25, -0.2) is 0 Å². The average Bonchev–Trinajstić information content (AvgIpc) is 2.94. The molecule has 104 valence electrons. The van der Waals surface area contributed by atoms with Gasteiger partial charge in [0.1, 0.15) is 5.75 Å². The molecule has 2 unspecified atom stereocenters. The molecule has 20 heavy (non-hydrogen) atoms. The highest BCUT2D eigenvalue weighted by atomic mass is 79.9. The van der Waals surface area contributed by atoms with Crippen LogP contribution in [-0.4, -0.2) is 6.61 Å². The van der Waals surface area contributed by atoms with E-state index in [1.165, 1.54) is 11.1 Å². The Bertz CT molecular complexity index is 612. The zero-order valence-electron chi connectivity index (χ0n) is 11.3. The van der Waals surface area contributed by atoms with Gasteiger partial charge in [-0.2, -0.15) is 0 Å². The summed E-state index contributed by atoms with van der Waals surface area (Å²) in [6, 6.07) is 14.6. The first-order chi connectivity index (χ1) is 9.66. The molecule has 1 nitrogen and oxygen atoms in total. The minimum absolute atomic E-state index is 0.0956. The second kappa shape index (κ2) is 5.79. The van der Waals surface area contributed by atoms with Gasteiger partial charge in [0.05, 0.1) is 12.0 Å². The first-order valence-corrected chi connectivity index (χ1v) is 8.04. The molecule has 0 N–H and O–H groups in total. The van der Waals surface area contributed by atoms with Crippen molar-refractivity contribution in [1.29, 1.82) is 0 Å². The van der Waals surface area contributed by atoms with Gasteiger partial charge < -0.3 is 4.74 Å². The summed E-state index contributed by atoms with van der Waals surface area (Å²) >= 11 is 10.3. The maximum Gasteiger partial charge on any atom is 0.127 e. The normalized spacial score (nSPS) is 16.4. The maximum absolute atomic E-state index is 6.75. The van der Waals surface area contributed by atoms with Gasteiger partial charge in [-0.3, -0.25) is 0 Å². The summed E-state index contributed by atoms with van der Waals surface area (Å²) in [5.41, 5.74) is 3.59. The molecule has 1 aliphatic heterocycles. The summed E-state index contributed by atoms with van der Waals surface area (Å²) in [6.45, 7) is 2.91. The molecule has 0 aromatic heterocycles. The molecule has 2 aromatic carbocycles. The van der Waals surface area contributed by atoms with Crippen molar-refractivity contribution >= 4 is 27.5 Å². The molecule has 3 heteroatoms. The molecule has 0 saturated heterocycles. The number of halogens is 2. The van der Waals surface area contributed by atoms with Crippen LogP contribution < -0.4 is 4.74 Å². The molecular formula is C17H16BrClO. The number of alkyl halides is 1. The van der Waals surface area contributed by atoms with Gasteiger partial charge in [-0.05, 0) is 23.3 Å². The molecule has 0 fully saturated rings. The maximum atomic E-state index is 6.75. The van der Waals surface area contributed by atoms with E-state index in [0.717, 1.165) is 28.8 Å². The van der Waals surface area contributed by atoms with Crippen molar-refractivity contribution in [3.05, 3.63) is 63.6 Å². The third-order valence-corrected chi connectivity index (χ3v) is 4.91. The number of hydrogen-bond donors (Lipinski definition) is 0. The van der Waals surface area contributed by atoms with Gasteiger partial charge in [-0.15, -0.1) is 11.6 Å². The molecule has 2 aromatic rings. The largest absolute Gasteiger partial charge is 0.493 e. The summed E-state index contributed by atoms with van der Waals surface area (Å²) in [5.74, 6) is 1.22. The molecule has 0 amide bonds. The van der Waals surface area contributed by atoms with Crippen LogP contribution in [0.15, 0.2) is 46.9 Å². The van der Waals surface area contributed by atoms with Crippen molar-refractivity contribution in [3.8, 4) is 5.75 Å². The van der Waals surface area contributed by atoms with Gasteiger partial charge in [-0.1, -0.05) is 53.2 Å². The van der Waals surface area contributed by atoms with Gasteiger partial charge in [0.2, 0.25) is 0 Å². The molecule has 0 aliphatic carbocycles. The van der Waals surface area contributed by atoms with Crippen LogP contribution in [0.4, 0.5) is 0 Å². The minimum Gasteiger partial charge on any atom is -0.493 e. The van der Waals surface area contributed by atoms with Crippen LogP contribution in [0, 0.1) is 0 Å². The molecule has 0 radical (unpaired) electrons. The van der Waals surface area contributed by atoms with E-state index in [4.69, 9.17) is 16.3 Å². The molecular weight excluding hydrogens is 336 g/mol. The van der Waals surface area contributed by atoms with E-state index in [1.807, 2.05) is 6.07 Å². The van der Waals surface area contributed by atoms with E-state index >= 15 is 0 Å². The SMILES string of the molecule is CC(c1ccccc1)C(Cl)c1cc(Br)cc2c1OCC2. The van der Waals surface area contributed by atoms with Gasteiger partial charge in [0.25, 0.3) is 0 Å². The number of benzene rings is 2. The Morgan fingerprint density at radius 3 is 2.70 bits per heavy atom. The zero-order chi connectivity index (χ0) is 14.1. The zero-order valence-corrected chi connectivity index (χ0v) is 13.6.